The lowest BCUT2D eigenvalue weighted by Gasteiger charge is -2.24. The van der Waals surface area contributed by atoms with Crippen molar-refractivity contribution in [2.75, 3.05) is 19.0 Å². The summed E-state index contributed by atoms with van der Waals surface area (Å²) in [5.41, 5.74) is 2.39. The Bertz CT molecular complexity index is 370. The maximum Gasteiger partial charge on any atom is 0.220 e. The molecule has 16 heavy (non-hydrogen) atoms. The number of anilines is 1. The molecule has 1 atom stereocenters. The number of hydrogen-bond acceptors (Lipinski definition) is 2. The molecule has 0 bridgehead atoms. The Hall–Kier alpha value is -1.51. The smallest absolute Gasteiger partial charge is 0.220 e. The second-order valence-electron chi connectivity index (χ2n) is 4.50. The topological polar surface area (TPSA) is 32.3 Å². The molecule has 86 valence electrons. The van der Waals surface area contributed by atoms with Crippen LogP contribution in [0.25, 0.3) is 0 Å². The molecule has 1 unspecified atom stereocenters. The van der Waals surface area contributed by atoms with Crippen LogP contribution < -0.4 is 10.2 Å². The van der Waals surface area contributed by atoms with Gasteiger partial charge in [0.15, 0.2) is 0 Å². The Kier molecular flexibility index (Phi) is 3.13. The van der Waals surface area contributed by atoms with Gasteiger partial charge in [0.25, 0.3) is 0 Å². The van der Waals surface area contributed by atoms with Crippen molar-refractivity contribution in [3.05, 3.63) is 29.8 Å². The zero-order chi connectivity index (χ0) is 11.5. The van der Waals surface area contributed by atoms with E-state index in [1.54, 1.807) is 0 Å². The second-order valence-corrected chi connectivity index (χ2v) is 4.50. The van der Waals surface area contributed by atoms with E-state index in [0.29, 0.717) is 6.42 Å². The molecular formula is C13H18N2O. The summed E-state index contributed by atoms with van der Waals surface area (Å²) in [5, 5.41) is 3.03. The van der Waals surface area contributed by atoms with Gasteiger partial charge in [0.1, 0.15) is 0 Å². The zero-order valence-corrected chi connectivity index (χ0v) is 9.86. The van der Waals surface area contributed by atoms with E-state index in [1.165, 1.54) is 11.3 Å². The number of carbonyl (C=O) groups excluding carboxylic acids is 1. The van der Waals surface area contributed by atoms with Crippen LogP contribution in [-0.2, 0) is 4.79 Å². The molecule has 1 aliphatic rings. The summed E-state index contributed by atoms with van der Waals surface area (Å²) in [5.74, 6) is 0.174. The molecule has 0 aliphatic carbocycles. The van der Waals surface area contributed by atoms with E-state index < -0.39 is 0 Å². The molecule has 1 heterocycles. The summed E-state index contributed by atoms with van der Waals surface area (Å²) < 4.78 is 0. The Morgan fingerprint density at radius 1 is 1.25 bits per heavy atom. The summed E-state index contributed by atoms with van der Waals surface area (Å²) in [4.78, 5) is 13.4. The monoisotopic (exact) mass is 218 g/mol. The van der Waals surface area contributed by atoms with Crippen LogP contribution in [0, 0.1) is 0 Å². The minimum atomic E-state index is 0.174. The van der Waals surface area contributed by atoms with Gasteiger partial charge in [-0.15, -0.1) is 0 Å². The average Bonchev–Trinajstić information content (AvgIpc) is 2.29. The summed E-state index contributed by atoms with van der Waals surface area (Å²) in [6, 6.07) is 8.60. The van der Waals surface area contributed by atoms with E-state index in [-0.39, 0.29) is 11.9 Å². The molecule has 1 N–H and O–H groups in total. The molecule has 3 nitrogen and oxygen atoms in total. The minimum Gasteiger partial charge on any atom is -0.378 e. The van der Waals surface area contributed by atoms with Crippen LogP contribution in [0.3, 0.4) is 0 Å². The molecule has 0 aromatic heterocycles. The highest BCUT2D eigenvalue weighted by molar-refractivity contribution is 5.77. The van der Waals surface area contributed by atoms with Crippen LogP contribution in [-0.4, -0.2) is 20.0 Å². The number of carbonyl (C=O) groups is 1. The van der Waals surface area contributed by atoms with Gasteiger partial charge in [-0.1, -0.05) is 12.1 Å². The third kappa shape index (κ3) is 2.35. The lowest BCUT2D eigenvalue weighted by atomic mass is 9.97. The van der Waals surface area contributed by atoms with Crippen LogP contribution >= 0.6 is 0 Å². The standard InChI is InChI=1S/C13H18N2O/c1-15(2)11-8-6-10(7-9-11)12-4-3-5-13(16)14-12/h6-9,12H,3-5H2,1-2H3,(H,14,16). The largest absolute Gasteiger partial charge is 0.378 e. The minimum absolute atomic E-state index is 0.174. The van der Waals surface area contributed by atoms with E-state index in [9.17, 15) is 4.79 Å². The molecule has 0 radical (unpaired) electrons. The highest BCUT2D eigenvalue weighted by Gasteiger charge is 2.19. The van der Waals surface area contributed by atoms with Crippen LogP contribution in [0.1, 0.15) is 30.9 Å². The molecule has 2 rings (SSSR count). The summed E-state index contributed by atoms with van der Waals surface area (Å²) in [6.45, 7) is 0. The van der Waals surface area contributed by atoms with Crippen molar-refractivity contribution >= 4 is 11.6 Å². The number of rotatable bonds is 2. The number of nitrogens with one attached hydrogen (secondary N) is 1. The normalized spacial score (nSPS) is 20.4. The van der Waals surface area contributed by atoms with Gasteiger partial charge < -0.3 is 10.2 Å². The van der Waals surface area contributed by atoms with E-state index >= 15 is 0 Å². The zero-order valence-electron chi connectivity index (χ0n) is 9.86. The highest BCUT2D eigenvalue weighted by atomic mass is 16.1. The van der Waals surface area contributed by atoms with Gasteiger partial charge in [0, 0.05) is 26.2 Å². The summed E-state index contributed by atoms with van der Waals surface area (Å²) in [7, 11) is 4.05. The number of piperidine rings is 1. The Morgan fingerprint density at radius 3 is 2.50 bits per heavy atom. The van der Waals surface area contributed by atoms with Crippen LogP contribution in [0.4, 0.5) is 5.69 Å². The van der Waals surface area contributed by atoms with Crippen LogP contribution in [0.5, 0.6) is 0 Å². The van der Waals surface area contributed by atoms with Gasteiger partial charge in [-0.2, -0.15) is 0 Å². The molecule has 1 aromatic carbocycles. The van der Waals surface area contributed by atoms with E-state index in [4.69, 9.17) is 0 Å². The van der Waals surface area contributed by atoms with Crippen molar-refractivity contribution in [1.82, 2.24) is 5.32 Å². The van der Waals surface area contributed by atoms with E-state index in [0.717, 1.165) is 12.8 Å². The fourth-order valence-corrected chi connectivity index (χ4v) is 2.06. The molecule has 1 saturated heterocycles. The van der Waals surface area contributed by atoms with E-state index in [1.807, 2.05) is 14.1 Å². The predicted molar refractivity (Wildman–Crippen MR) is 65.5 cm³/mol. The first-order chi connectivity index (χ1) is 7.66. The van der Waals surface area contributed by atoms with Crippen molar-refractivity contribution in [3.8, 4) is 0 Å². The van der Waals surface area contributed by atoms with E-state index in [2.05, 4.69) is 34.5 Å². The first-order valence-electron chi connectivity index (χ1n) is 5.73. The molecule has 1 aromatic rings. The molecule has 1 amide bonds. The molecule has 1 fully saturated rings. The first-order valence-corrected chi connectivity index (χ1v) is 5.73. The number of nitrogens with zero attached hydrogens (tertiary/aromatic N) is 1. The number of hydrogen-bond donors (Lipinski definition) is 1. The second kappa shape index (κ2) is 4.56. The highest BCUT2D eigenvalue weighted by Crippen LogP contribution is 2.24. The van der Waals surface area contributed by atoms with Gasteiger partial charge in [0.05, 0.1) is 6.04 Å². The van der Waals surface area contributed by atoms with Crippen molar-refractivity contribution in [3.63, 3.8) is 0 Å². The van der Waals surface area contributed by atoms with Gasteiger partial charge in [-0.3, -0.25) is 4.79 Å². The third-order valence-electron chi connectivity index (χ3n) is 3.04. The quantitative estimate of drug-likeness (QED) is 0.824. The Morgan fingerprint density at radius 2 is 1.94 bits per heavy atom. The SMILES string of the molecule is CN(C)c1ccc(C2CCCC(=O)N2)cc1. The Balaban J connectivity index is 2.11. The van der Waals surface area contributed by atoms with Crippen LogP contribution in [0.2, 0.25) is 0 Å². The lowest BCUT2D eigenvalue weighted by molar-refractivity contribution is -0.123. The van der Waals surface area contributed by atoms with Crippen molar-refractivity contribution in [2.45, 2.75) is 25.3 Å². The maximum absolute atomic E-state index is 11.3. The Labute approximate surface area is 96.5 Å². The molecule has 0 saturated carbocycles. The summed E-state index contributed by atoms with van der Waals surface area (Å²) in [6.07, 6.45) is 2.71. The molecule has 0 spiro atoms. The molecule has 1 aliphatic heterocycles. The van der Waals surface area contributed by atoms with Gasteiger partial charge >= 0.3 is 0 Å². The fourth-order valence-electron chi connectivity index (χ4n) is 2.06. The van der Waals surface area contributed by atoms with Crippen molar-refractivity contribution in [2.24, 2.45) is 0 Å². The van der Waals surface area contributed by atoms with Gasteiger partial charge in [-0.25, -0.2) is 0 Å². The van der Waals surface area contributed by atoms with Crippen molar-refractivity contribution in [1.29, 1.82) is 0 Å². The third-order valence-corrected chi connectivity index (χ3v) is 3.04. The fraction of sp³-hybridized carbons (Fsp3) is 0.462. The molecule has 3 heteroatoms. The van der Waals surface area contributed by atoms with Crippen molar-refractivity contribution < 1.29 is 4.79 Å². The number of benzene rings is 1. The summed E-state index contributed by atoms with van der Waals surface area (Å²) >= 11 is 0. The van der Waals surface area contributed by atoms with Crippen LogP contribution in [0.15, 0.2) is 24.3 Å². The average molecular weight is 218 g/mol. The first kappa shape index (κ1) is 11.0. The van der Waals surface area contributed by atoms with Gasteiger partial charge in [0.2, 0.25) is 5.91 Å². The lowest BCUT2D eigenvalue weighted by Crippen LogP contribution is -2.32. The number of amides is 1. The molecular weight excluding hydrogens is 200 g/mol. The van der Waals surface area contributed by atoms with Gasteiger partial charge in [-0.05, 0) is 30.5 Å². The predicted octanol–water partition coefficient (Wildman–Crippen LogP) is 2.09. The maximum atomic E-state index is 11.3.